The SMILES string of the molecule is CCOc1ccc(N=Nc2ccc(Br)cc2O)cc1. The minimum absolute atomic E-state index is 0.0871. The Balaban J connectivity index is 2.13. The lowest BCUT2D eigenvalue weighted by molar-refractivity contribution is 0.340. The molecule has 0 aliphatic carbocycles. The van der Waals surface area contributed by atoms with Gasteiger partial charge in [-0.3, -0.25) is 0 Å². The Kier molecular flexibility index (Phi) is 4.52. The monoisotopic (exact) mass is 320 g/mol. The summed E-state index contributed by atoms with van der Waals surface area (Å²) < 4.78 is 6.13. The molecule has 0 saturated carbocycles. The molecule has 2 rings (SSSR count). The Morgan fingerprint density at radius 1 is 1.11 bits per heavy atom. The van der Waals surface area contributed by atoms with Gasteiger partial charge in [-0.15, -0.1) is 5.11 Å². The van der Waals surface area contributed by atoms with Crippen LogP contribution in [0.1, 0.15) is 6.92 Å². The van der Waals surface area contributed by atoms with Gasteiger partial charge in [-0.2, -0.15) is 5.11 Å². The van der Waals surface area contributed by atoms with Gasteiger partial charge in [0.1, 0.15) is 17.2 Å². The number of nitrogens with zero attached hydrogens (tertiary/aromatic N) is 2. The molecule has 1 N–H and O–H groups in total. The maximum absolute atomic E-state index is 9.68. The van der Waals surface area contributed by atoms with Crippen LogP contribution in [0.5, 0.6) is 11.5 Å². The number of ether oxygens (including phenoxy) is 1. The summed E-state index contributed by atoms with van der Waals surface area (Å²) in [4.78, 5) is 0. The van der Waals surface area contributed by atoms with Crippen LogP contribution in [-0.4, -0.2) is 11.7 Å². The molecule has 0 aliphatic rings. The van der Waals surface area contributed by atoms with Crippen molar-refractivity contribution in [3.05, 3.63) is 46.9 Å². The lowest BCUT2D eigenvalue weighted by Gasteiger charge is -2.02. The summed E-state index contributed by atoms with van der Waals surface area (Å²) in [6, 6.07) is 12.4. The van der Waals surface area contributed by atoms with E-state index in [9.17, 15) is 5.11 Å². The van der Waals surface area contributed by atoms with Crippen molar-refractivity contribution in [3.63, 3.8) is 0 Å². The molecule has 0 bridgehead atoms. The number of phenolic OH excluding ortho intramolecular Hbond substituents is 1. The second-order valence-corrected chi connectivity index (χ2v) is 4.68. The van der Waals surface area contributed by atoms with E-state index in [1.54, 1.807) is 18.2 Å². The Hall–Kier alpha value is -1.88. The third-order valence-electron chi connectivity index (χ3n) is 2.36. The van der Waals surface area contributed by atoms with E-state index in [-0.39, 0.29) is 5.75 Å². The van der Waals surface area contributed by atoms with E-state index in [0.29, 0.717) is 18.0 Å². The van der Waals surface area contributed by atoms with E-state index in [4.69, 9.17) is 4.74 Å². The minimum Gasteiger partial charge on any atom is -0.506 e. The molecule has 0 spiro atoms. The molecule has 98 valence electrons. The number of phenols is 1. The van der Waals surface area contributed by atoms with Gasteiger partial charge in [-0.1, -0.05) is 15.9 Å². The number of hydrogen-bond acceptors (Lipinski definition) is 4. The first kappa shape index (κ1) is 13.5. The lowest BCUT2D eigenvalue weighted by Crippen LogP contribution is -1.89. The third kappa shape index (κ3) is 3.79. The number of hydrogen-bond donors (Lipinski definition) is 1. The first-order chi connectivity index (χ1) is 9.19. The standard InChI is InChI=1S/C14H13BrN2O2/c1-2-19-12-6-4-11(5-7-12)16-17-13-8-3-10(15)9-14(13)18/h3-9,18H,2H2,1H3. The molecule has 5 heteroatoms. The Labute approximate surface area is 119 Å². The summed E-state index contributed by atoms with van der Waals surface area (Å²) in [7, 11) is 0. The summed E-state index contributed by atoms with van der Waals surface area (Å²) in [5.41, 5.74) is 1.13. The van der Waals surface area contributed by atoms with E-state index in [2.05, 4.69) is 26.2 Å². The summed E-state index contributed by atoms with van der Waals surface area (Å²) in [6.45, 7) is 2.57. The van der Waals surface area contributed by atoms with Crippen LogP contribution < -0.4 is 4.74 Å². The predicted octanol–water partition coefficient (Wildman–Crippen LogP) is 4.97. The molecule has 0 radical (unpaired) electrons. The molecule has 0 atom stereocenters. The quantitative estimate of drug-likeness (QED) is 0.808. The third-order valence-corrected chi connectivity index (χ3v) is 2.85. The van der Waals surface area contributed by atoms with Gasteiger partial charge >= 0.3 is 0 Å². The number of benzene rings is 2. The molecule has 19 heavy (non-hydrogen) atoms. The molecule has 0 fully saturated rings. The normalized spacial score (nSPS) is 10.8. The lowest BCUT2D eigenvalue weighted by atomic mass is 10.3. The van der Waals surface area contributed by atoms with Crippen LogP contribution >= 0.6 is 15.9 Å². The summed E-state index contributed by atoms with van der Waals surface area (Å²) >= 11 is 3.27. The van der Waals surface area contributed by atoms with Crippen LogP contribution in [0.25, 0.3) is 0 Å². The number of azo groups is 1. The van der Waals surface area contributed by atoms with Gasteiger partial charge in [0.2, 0.25) is 0 Å². The van der Waals surface area contributed by atoms with Gasteiger partial charge in [0.05, 0.1) is 12.3 Å². The van der Waals surface area contributed by atoms with E-state index in [0.717, 1.165) is 10.2 Å². The highest BCUT2D eigenvalue weighted by molar-refractivity contribution is 9.10. The van der Waals surface area contributed by atoms with E-state index in [1.165, 1.54) is 0 Å². The van der Waals surface area contributed by atoms with E-state index in [1.807, 2.05) is 31.2 Å². The van der Waals surface area contributed by atoms with Crippen molar-refractivity contribution in [1.82, 2.24) is 0 Å². The van der Waals surface area contributed by atoms with Gasteiger partial charge in [-0.05, 0) is 49.4 Å². The molecular weight excluding hydrogens is 308 g/mol. The molecule has 0 aliphatic heterocycles. The fraction of sp³-hybridized carbons (Fsp3) is 0.143. The topological polar surface area (TPSA) is 54.2 Å². The molecule has 0 saturated heterocycles. The van der Waals surface area contributed by atoms with Crippen LogP contribution in [0.15, 0.2) is 57.2 Å². The number of aromatic hydroxyl groups is 1. The molecule has 2 aromatic carbocycles. The van der Waals surface area contributed by atoms with Crippen molar-refractivity contribution in [2.24, 2.45) is 10.2 Å². The molecule has 4 nitrogen and oxygen atoms in total. The fourth-order valence-electron chi connectivity index (χ4n) is 1.47. The zero-order valence-corrected chi connectivity index (χ0v) is 12.0. The van der Waals surface area contributed by atoms with Crippen molar-refractivity contribution >= 4 is 27.3 Å². The molecule has 0 amide bonds. The maximum atomic E-state index is 9.68. The van der Waals surface area contributed by atoms with Crippen LogP contribution in [0.4, 0.5) is 11.4 Å². The largest absolute Gasteiger partial charge is 0.506 e. The first-order valence-electron chi connectivity index (χ1n) is 5.82. The zero-order valence-electron chi connectivity index (χ0n) is 10.4. The van der Waals surface area contributed by atoms with Crippen LogP contribution in [0.2, 0.25) is 0 Å². The fourth-order valence-corrected chi connectivity index (χ4v) is 1.82. The van der Waals surface area contributed by atoms with E-state index >= 15 is 0 Å². The van der Waals surface area contributed by atoms with Crippen LogP contribution in [-0.2, 0) is 0 Å². The predicted molar refractivity (Wildman–Crippen MR) is 77.6 cm³/mol. The highest BCUT2D eigenvalue weighted by atomic mass is 79.9. The van der Waals surface area contributed by atoms with Gasteiger partial charge < -0.3 is 9.84 Å². The smallest absolute Gasteiger partial charge is 0.144 e. The van der Waals surface area contributed by atoms with Crippen molar-refractivity contribution in [2.75, 3.05) is 6.61 Å². The van der Waals surface area contributed by atoms with Crippen molar-refractivity contribution in [1.29, 1.82) is 0 Å². The number of halogens is 1. The average molecular weight is 321 g/mol. The Bertz CT molecular complexity index is 582. The van der Waals surface area contributed by atoms with Gasteiger partial charge in [-0.25, -0.2) is 0 Å². The second kappa shape index (κ2) is 6.33. The number of rotatable bonds is 4. The summed E-state index contributed by atoms with van der Waals surface area (Å²) in [5, 5.41) is 17.7. The maximum Gasteiger partial charge on any atom is 0.144 e. The Morgan fingerprint density at radius 3 is 2.47 bits per heavy atom. The van der Waals surface area contributed by atoms with Crippen LogP contribution in [0, 0.1) is 0 Å². The van der Waals surface area contributed by atoms with Gasteiger partial charge in [0.15, 0.2) is 0 Å². The first-order valence-corrected chi connectivity index (χ1v) is 6.61. The van der Waals surface area contributed by atoms with Gasteiger partial charge in [0.25, 0.3) is 0 Å². The van der Waals surface area contributed by atoms with Crippen molar-refractivity contribution in [3.8, 4) is 11.5 Å². The highest BCUT2D eigenvalue weighted by Crippen LogP contribution is 2.31. The van der Waals surface area contributed by atoms with Gasteiger partial charge in [0, 0.05) is 4.47 Å². The molecule has 2 aromatic rings. The minimum atomic E-state index is 0.0871. The molecular formula is C14H13BrN2O2. The second-order valence-electron chi connectivity index (χ2n) is 3.76. The van der Waals surface area contributed by atoms with E-state index < -0.39 is 0 Å². The zero-order chi connectivity index (χ0) is 13.7. The molecule has 0 aromatic heterocycles. The summed E-state index contributed by atoms with van der Waals surface area (Å²) in [5.74, 6) is 0.886. The van der Waals surface area contributed by atoms with Crippen molar-refractivity contribution < 1.29 is 9.84 Å². The molecule has 0 heterocycles. The molecule has 0 unspecified atom stereocenters. The van der Waals surface area contributed by atoms with Crippen molar-refractivity contribution in [2.45, 2.75) is 6.92 Å². The average Bonchev–Trinajstić information content (AvgIpc) is 2.40. The highest BCUT2D eigenvalue weighted by Gasteiger charge is 2.00. The summed E-state index contributed by atoms with van der Waals surface area (Å²) in [6.07, 6.45) is 0. The Morgan fingerprint density at radius 2 is 1.84 bits per heavy atom. The van der Waals surface area contributed by atoms with Crippen LogP contribution in [0.3, 0.4) is 0 Å².